The first kappa shape index (κ1) is 19.4. The smallest absolute Gasteiger partial charge is 0.276 e. The molecular formula is C21H19FN6O2. The van der Waals surface area contributed by atoms with E-state index in [1.54, 1.807) is 31.4 Å². The zero-order chi connectivity index (χ0) is 21.3. The zero-order valence-electron chi connectivity index (χ0n) is 16.5. The number of aryl methyl sites for hydroxylation is 1. The molecule has 3 heterocycles. The van der Waals surface area contributed by atoms with Crippen LogP contribution in [0.1, 0.15) is 23.7 Å². The number of aromatic nitrogens is 5. The van der Waals surface area contributed by atoms with E-state index in [9.17, 15) is 14.0 Å². The van der Waals surface area contributed by atoms with Gasteiger partial charge < -0.3 is 9.55 Å². The highest BCUT2D eigenvalue weighted by atomic mass is 19.1. The summed E-state index contributed by atoms with van der Waals surface area (Å²) < 4.78 is 15.2. The van der Waals surface area contributed by atoms with Crippen molar-refractivity contribution in [2.75, 3.05) is 11.9 Å². The Morgan fingerprint density at radius 3 is 2.77 bits per heavy atom. The monoisotopic (exact) mass is 406 g/mol. The number of benzene rings is 1. The number of imidazole rings is 1. The van der Waals surface area contributed by atoms with Crippen LogP contribution in [0.25, 0.3) is 22.6 Å². The second kappa shape index (κ2) is 7.86. The van der Waals surface area contributed by atoms with Crippen molar-refractivity contribution < 1.29 is 9.18 Å². The lowest BCUT2D eigenvalue weighted by Gasteiger charge is -2.16. The topological polar surface area (TPSA) is 96.8 Å². The van der Waals surface area contributed by atoms with E-state index < -0.39 is 5.82 Å². The van der Waals surface area contributed by atoms with Gasteiger partial charge in [0.2, 0.25) is 0 Å². The maximum Gasteiger partial charge on any atom is 0.276 e. The number of anilines is 1. The van der Waals surface area contributed by atoms with Crippen molar-refractivity contribution in [2.45, 2.75) is 19.9 Å². The molecule has 0 bridgehead atoms. The summed E-state index contributed by atoms with van der Waals surface area (Å²) in [7, 11) is 1.57. The number of fused-ring (bicyclic) bond motifs is 1. The molecule has 0 aliphatic heterocycles. The Hall–Kier alpha value is -3.88. The summed E-state index contributed by atoms with van der Waals surface area (Å²) in [5, 5.41) is 0. The molecule has 0 saturated carbocycles. The average molecular weight is 406 g/mol. The molecule has 1 aromatic carbocycles. The van der Waals surface area contributed by atoms with Crippen LogP contribution in [0.15, 0.2) is 53.7 Å². The molecule has 0 unspecified atom stereocenters. The molecule has 3 aromatic heterocycles. The minimum absolute atomic E-state index is 0.235. The van der Waals surface area contributed by atoms with Crippen LogP contribution >= 0.6 is 0 Å². The SMILES string of the molecule is CCCn1c(-c2ccc(N(C)C(=O)c3cccc(F)c3)nc2)nc2nc[nH]c(=O)c21. The second-order valence-corrected chi connectivity index (χ2v) is 6.77. The number of hydrogen-bond acceptors (Lipinski definition) is 5. The van der Waals surface area contributed by atoms with Gasteiger partial charge in [-0.05, 0) is 36.8 Å². The van der Waals surface area contributed by atoms with Gasteiger partial charge in [-0.25, -0.2) is 19.3 Å². The molecule has 0 saturated heterocycles. The van der Waals surface area contributed by atoms with E-state index in [1.807, 2.05) is 11.5 Å². The highest BCUT2D eigenvalue weighted by Crippen LogP contribution is 2.24. The molecule has 4 aromatic rings. The molecule has 4 rings (SSSR count). The molecule has 0 aliphatic rings. The van der Waals surface area contributed by atoms with Gasteiger partial charge in [0, 0.05) is 30.9 Å². The second-order valence-electron chi connectivity index (χ2n) is 6.77. The lowest BCUT2D eigenvalue weighted by atomic mass is 10.2. The summed E-state index contributed by atoms with van der Waals surface area (Å²) in [5.74, 6) is 0.135. The van der Waals surface area contributed by atoms with Gasteiger partial charge in [-0.15, -0.1) is 0 Å². The van der Waals surface area contributed by atoms with Crippen molar-refractivity contribution in [3.8, 4) is 11.4 Å². The minimum Gasteiger partial charge on any atom is -0.318 e. The van der Waals surface area contributed by atoms with Gasteiger partial charge in [0.05, 0.1) is 6.33 Å². The fourth-order valence-electron chi connectivity index (χ4n) is 3.27. The number of halogens is 1. The van der Waals surface area contributed by atoms with Crippen LogP contribution in [0.4, 0.5) is 10.2 Å². The molecular weight excluding hydrogens is 387 g/mol. The van der Waals surface area contributed by atoms with Crippen molar-refractivity contribution >= 4 is 22.9 Å². The van der Waals surface area contributed by atoms with Gasteiger partial charge in [-0.1, -0.05) is 13.0 Å². The van der Waals surface area contributed by atoms with Gasteiger partial charge in [0.15, 0.2) is 11.2 Å². The normalized spacial score (nSPS) is 11.0. The van der Waals surface area contributed by atoms with Crippen LogP contribution in [0.2, 0.25) is 0 Å². The lowest BCUT2D eigenvalue weighted by Crippen LogP contribution is -2.27. The molecule has 0 fully saturated rings. The number of carbonyl (C=O) groups excluding carboxylic acids is 1. The third-order valence-corrected chi connectivity index (χ3v) is 4.72. The van der Waals surface area contributed by atoms with Crippen LogP contribution in [-0.2, 0) is 6.54 Å². The fourth-order valence-corrected chi connectivity index (χ4v) is 3.27. The van der Waals surface area contributed by atoms with Crippen molar-refractivity contribution in [2.24, 2.45) is 0 Å². The van der Waals surface area contributed by atoms with E-state index in [1.165, 1.54) is 29.4 Å². The first-order valence-electron chi connectivity index (χ1n) is 9.43. The van der Waals surface area contributed by atoms with Gasteiger partial charge >= 0.3 is 0 Å². The zero-order valence-corrected chi connectivity index (χ0v) is 16.5. The number of nitrogens with one attached hydrogen (secondary N) is 1. The van der Waals surface area contributed by atoms with Crippen LogP contribution in [0.5, 0.6) is 0 Å². The van der Waals surface area contributed by atoms with E-state index in [2.05, 4.69) is 19.9 Å². The summed E-state index contributed by atoms with van der Waals surface area (Å²) in [6.45, 7) is 2.61. The van der Waals surface area contributed by atoms with Crippen LogP contribution in [-0.4, -0.2) is 37.5 Å². The number of hydrogen-bond donors (Lipinski definition) is 1. The minimum atomic E-state index is -0.476. The molecule has 0 atom stereocenters. The largest absolute Gasteiger partial charge is 0.318 e. The Labute approximate surface area is 171 Å². The third-order valence-electron chi connectivity index (χ3n) is 4.72. The van der Waals surface area contributed by atoms with Crippen LogP contribution in [0.3, 0.4) is 0 Å². The molecule has 9 heteroatoms. The van der Waals surface area contributed by atoms with E-state index in [0.29, 0.717) is 34.9 Å². The van der Waals surface area contributed by atoms with Crippen molar-refractivity contribution in [3.63, 3.8) is 0 Å². The molecule has 8 nitrogen and oxygen atoms in total. The summed E-state index contributed by atoms with van der Waals surface area (Å²) in [5.41, 5.74) is 1.45. The van der Waals surface area contributed by atoms with Gasteiger partial charge in [-0.2, -0.15) is 0 Å². The highest BCUT2D eigenvalue weighted by Gasteiger charge is 2.18. The predicted octanol–water partition coefficient (Wildman–Crippen LogP) is 3.01. The van der Waals surface area contributed by atoms with Gasteiger partial charge in [0.1, 0.15) is 17.5 Å². The Balaban J connectivity index is 1.69. The number of amides is 1. The maximum atomic E-state index is 13.4. The van der Waals surface area contributed by atoms with Gasteiger partial charge in [-0.3, -0.25) is 14.5 Å². The Morgan fingerprint density at radius 1 is 1.23 bits per heavy atom. The third kappa shape index (κ3) is 3.45. The fraction of sp³-hybridized carbons (Fsp3) is 0.190. The number of aromatic amines is 1. The highest BCUT2D eigenvalue weighted by molar-refractivity contribution is 6.05. The molecule has 0 aliphatic carbocycles. The molecule has 30 heavy (non-hydrogen) atoms. The van der Waals surface area contributed by atoms with Crippen LogP contribution in [0, 0.1) is 5.82 Å². The van der Waals surface area contributed by atoms with Crippen molar-refractivity contribution in [3.05, 3.63) is 70.7 Å². The number of pyridine rings is 1. The number of carbonyl (C=O) groups is 1. The number of nitrogens with zero attached hydrogens (tertiary/aromatic N) is 5. The van der Waals surface area contributed by atoms with E-state index in [-0.39, 0.29) is 17.0 Å². The van der Waals surface area contributed by atoms with E-state index in [4.69, 9.17) is 0 Å². The lowest BCUT2D eigenvalue weighted by molar-refractivity contribution is 0.0992. The summed E-state index contributed by atoms with van der Waals surface area (Å²) in [6.07, 6.45) is 3.72. The van der Waals surface area contributed by atoms with Crippen molar-refractivity contribution in [1.29, 1.82) is 0 Å². The van der Waals surface area contributed by atoms with Crippen molar-refractivity contribution in [1.82, 2.24) is 24.5 Å². The molecule has 152 valence electrons. The molecule has 1 amide bonds. The summed E-state index contributed by atoms with van der Waals surface area (Å²) >= 11 is 0. The molecule has 0 spiro atoms. The van der Waals surface area contributed by atoms with Gasteiger partial charge in [0.25, 0.3) is 11.5 Å². The van der Waals surface area contributed by atoms with E-state index >= 15 is 0 Å². The predicted molar refractivity (Wildman–Crippen MR) is 111 cm³/mol. The standard InChI is InChI=1S/C21H19FN6O2/c1-3-9-28-17-18(24-12-25-20(17)29)26-19(28)14-7-8-16(23-11-14)27(2)21(30)13-5-4-6-15(22)10-13/h4-8,10-12H,3,9H2,1-2H3,(H,24,25,29). The molecule has 1 N–H and O–H groups in total. The first-order chi connectivity index (χ1) is 14.5. The Kier molecular flexibility index (Phi) is 5.09. The summed E-state index contributed by atoms with van der Waals surface area (Å²) in [6, 6.07) is 8.96. The number of rotatable bonds is 5. The Morgan fingerprint density at radius 2 is 2.07 bits per heavy atom. The summed E-state index contributed by atoms with van der Waals surface area (Å²) in [4.78, 5) is 41.8. The van der Waals surface area contributed by atoms with E-state index in [0.717, 1.165) is 6.42 Å². The quantitative estimate of drug-likeness (QED) is 0.550. The maximum absolute atomic E-state index is 13.4. The first-order valence-corrected chi connectivity index (χ1v) is 9.43. The molecule has 0 radical (unpaired) electrons. The Bertz CT molecular complexity index is 1280. The van der Waals surface area contributed by atoms with Crippen LogP contribution < -0.4 is 10.5 Å². The average Bonchev–Trinajstić information content (AvgIpc) is 3.13. The number of H-pyrrole nitrogens is 1.